The fourth-order valence-corrected chi connectivity index (χ4v) is 2.99. The lowest BCUT2D eigenvalue weighted by molar-refractivity contribution is -0.140. The molecule has 102 valence electrons. The number of thiophene rings is 1. The van der Waals surface area contributed by atoms with Gasteiger partial charge in [-0.15, -0.1) is 11.3 Å². The molecule has 2 rings (SSSR count). The molecule has 0 bridgehead atoms. The van der Waals surface area contributed by atoms with Crippen LogP contribution in [0.3, 0.4) is 0 Å². The monoisotopic (exact) mass is 308 g/mol. The third-order valence-corrected chi connectivity index (χ3v) is 4.11. The Bertz CT molecular complexity index is 705. The highest BCUT2D eigenvalue weighted by atomic mass is 35.5. The van der Waals surface area contributed by atoms with E-state index in [1.54, 1.807) is 6.07 Å². The summed E-state index contributed by atoms with van der Waals surface area (Å²) in [5.74, 6) is -1.11. The fraction of sp³-hybridized carbons (Fsp3) is 0.154. The van der Waals surface area contributed by atoms with Gasteiger partial charge in [-0.05, 0) is 6.07 Å². The predicted octanol–water partition coefficient (Wildman–Crippen LogP) is 2.35. The SMILES string of the molecule is N#CCOC(=O)CNC(=O)c1sc2ccccc2c1Cl. The first kappa shape index (κ1) is 14.3. The summed E-state index contributed by atoms with van der Waals surface area (Å²) in [7, 11) is 0. The van der Waals surface area contributed by atoms with E-state index in [1.807, 2.05) is 24.3 Å². The Labute approximate surface area is 123 Å². The molecule has 1 heterocycles. The quantitative estimate of drug-likeness (QED) is 0.879. The van der Waals surface area contributed by atoms with Crippen LogP contribution in [0.25, 0.3) is 10.1 Å². The molecule has 0 fully saturated rings. The third-order valence-electron chi connectivity index (χ3n) is 2.43. The molecule has 1 aromatic carbocycles. The van der Waals surface area contributed by atoms with Gasteiger partial charge < -0.3 is 10.1 Å². The smallest absolute Gasteiger partial charge is 0.326 e. The molecule has 7 heteroatoms. The average Bonchev–Trinajstić information content (AvgIpc) is 2.80. The van der Waals surface area contributed by atoms with Crippen molar-refractivity contribution in [3.8, 4) is 6.07 Å². The van der Waals surface area contributed by atoms with Crippen LogP contribution in [0.4, 0.5) is 0 Å². The van der Waals surface area contributed by atoms with E-state index in [0.717, 1.165) is 10.1 Å². The zero-order valence-electron chi connectivity index (χ0n) is 10.2. The summed E-state index contributed by atoms with van der Waals surface area (Å²) >= 11 is 7.39. The molecule has 0 atom stereocenters. The van der Waals surface area contributed by atoms with E-state index >= 15 is 0 Å². The summed E-state index contributed by atoms with van der Waals surface area (Å²) in [5.41, 5.74) is 0. The number of esters is 1. The fourth-order valence-electron chi connectivity index (χ4n) is 1.56. The molecule has 0 aliphatic rings. The Balaban J connectivity index is 2.07. The maximum Gasteiger partial charge on any atom is 0.326 e. The number of ether oxygens (including phenoxy) is 1. The second kappa shape index (κ2) is 6.37. The number of nitrogens with zero attached hydrogens (tertiary/aromatic N) is 1. The van der Waals surface area contributed by atoms with Crippen LogP contribution in [0, 0.1) is 11.3 Å². The van der Waals surface area contributed by atoms with Gasteiger partial charge in [0.2, 0.25) is 0 Å². The topological polar surface area (TPSA) is 79.2 Å². The van der Waals surface area contributed by atoms with Gasteiger partial charge in [0.1, 0.15) is 17.5 Å². The van der Waals surface area contributed by atoms with Crippen LogP contribution >= 0.6 is 22.9 Å². The molecule has 0 aliphatic heterocycles. The van der Waals surface area contributed by atoms with Gasteiger partial charge in [0, 0.05) is 10.1 Å². The molecule has 0 saturated carbocycles. The highest BCUT2D eigenvalue weighted by Crippen LogP contribution is 2.34. The van der Waals surface area contributed by atoms with Crippen molar-refractivity contribution >= 4 is 44.9 Å². The van der Waals surface area contributed by atoms with E-state index in [0.29, 0.717) is 9.90 Å². The number of carbonyl (C=O) groups excluding carboxylic acids is 2. The summed E-state index contributed by atoms with van der Waals surface area (Å²) in [6, 6.07) is 9.05. The number of halogens is 1. The minimum atomic E-state index is -0.669. The summed E-state index contributed by atoms with van der Waals surface area (Å²) in [6.45, 7) is -0.635. The number of rotatable bonds is 4. The van der Waals surface area contributed by atoms with Crippen molar-refractivity contribution in [3.63, 3.8) is 0 Å². The van der Waals surface area contributed by atoms with Crippen molar-refractivity contribution in [2.75, 3.05) is 13.2 Å². The number of hydrogen-bond donors (Lipinski definition) is 1. The number of nitriles is 1. The van der Waals surface area contributed by atoms with Gasteiger partial charge in [-0.1, -0.05) is 29.8 Å². The molecule has 5 nitrogen and oxygen atoms in total. The van der Waals surface area contributed by atoms with Crippen LogP contribution in [0.5, 0.6) is 0 Å². The second-order valence-corrected chi connectivity index (χ2v) is 5.17. The number of benzene rings is 1. The van der Waals surface area contributed by atoms with Crippen LogP contribution in [-0.4, -0.2) is 25.0 Å². The molecule has 0 spiro atoms. The van der Waals surface area contributed by atoms with Gasteiger partial charge in [0.15, 0.2) is 6.61 Å². The number of carbonyl (C=O) groups is 2. The molecule has 2 aromatic rings. The lowest BCUT2D eigenvalue weighted by Gasteiger charge is -2.02. The van der Waals surface area contributed by atoms with Crippen molar-refractivity contribution in [2.45, 2.75) is 0 Å². The Morgan fingerprint density at radius 3 is 2.85 bits per heavy atom. The van der Waals surface area contributed by atoms with E-state index in [4.69, 9.17) is 16.9 Å². The number of nitrogens with one attached hydrogen (secondary N) is 1. The molecule has 1 amide bonds. The molecule has 1 aromatic heterocycles. The van der Waals surface area contributed by atoms with E-state index in [1.165, 1.54) is 11.3 Å². The highest BCUT2D eigenvalue weighted by Gasteiger charge is 2.17. The Kier molecular flexibility index (Phi) is 4.56. The van der Waals surface area contributed by atoms with Gasteiger partial charge in [-0.3, -0.25) is 9.59 Å². The Morgan fingerprint density at radius 1 is 1.40 bits per heavy atom. The third kappa shape index (κ3) is 3.07. The van der Waals surface area contributed by atoms with E-state index in [-0.39, 0.29) is 13.2 Å². The molecule has 0 aliphatic carbocycles. The van der Waals surface area contributed by atoms with Gasteiger partial charge in [0.25, 0.3) is 5.91 Å². The van der Waals surface area contributed by atoms with Crippen LogP contribution in [0.15, 0.2) is 24.3 Å². The number of hydrogen-bond acceptors (Lipinski definition) is 5. The predicted molar refractivity (Wildman–Crippen MR) is 75.7 cm³/mol. The minimum absolute atomic E-state index is 0.301. The molecule has 20 heavy (non-hydrogen) atoms. The first-order chi connectivity index (χ1) is 9.63. The normalized spacial score (nSPS) is 10.0. The first-order valence-electron chi connectivity index (χ1n) is 5.61. The van der Waals surface area contributed by atoms with Gasteiger partial charge in [-0.25, -0.2) is 0 Å². The van der Waals surface area contributed by atoms with E-state index in [2.05, 4.69) is 10.1 Å². The summed E-state index contributed by atoms with van der Waals surface area (Å²) in [4.78, 5) is 23.5. The van der Waals surface area contributed by atoms with Crippen LogP contribution < -0.4 is 5.32 Å². The summed E-state index contributed by atoms with van der Waals surface area (Å²) in [6.07, 6.45) is 0. The van der Waals surface area contributed by atoms with Gasteiger partial charge in [-0.2, -0.15) is 5.26 Å². The standard InChI is InChI=1S/C13H9ClN2O3S/c14-11-8-3-1-2-4-9(8)20-12(11)13(18)16-7-10(17)19-6-5-15/h1-4H,6-7H2,(H,16,18). The maximum absolute atomic E-state index is 12.0. The average molecular weight is 309 g/mol. The summed E-state index contributed by atoms with van der Waals surface area (Å²) in [5, 5.41) is 11.8. The molecule has 0 radical (unpaired) electrons. The van der Waals surface area contributed by atoms with Crippen molar-refractivity contribution < 1.29 is 14.3 Å². The Hall–Kier alpha value is -2.10. The van der Waals surface area contributed by atoms with Crippen LogP contribution in [-0.2, 0) is 9.53 Å². The van der Waals surface area contributed by atoms with Gasteiger partial charge in [0.05, 0.1) is 5.02 Å². The van der Waals surface area contributed by atoms with E-state index in [9.17, 15) is 9.59 Å². The largest absolute Gasteiger partial charge is 0.449 e. The Morgan fingerprint density at radius 2 is 2.15 bits per heavy atom. The van der Waals surface area contributed by atoms with E-state index < -0.39 is 11.9 Å². The maximum atomic E-state index is 12.0. The molecule has 0 unspecified atom stereocenters. The number of amides is 1. The first-order valence-corrected chi connectivity index (χ1v) is 6.80. The minimum Gasteiger partial charge on any atom is -0.449 e. The van der Waals surface area contributed by atoms with Crippen LogP contribution in [0.2, 0.25) is 5.02 Å². The molecular formula is C13H9ClN2O3S. The number of fused-ring (bicyclic) bond motifs is 1. The van der Waals surface area contributed by atoms with Crippen molar-refractivity contribution in [3.05, 3.63) is 34.2 Å². The lowest BCUT2D eigenvalue weighted by atomic mass is 10.2. The summed E-state index contributed by atoms with van der Waals surface area (Å²) < 4.78 is 5.42. The van der Waals surface area contributed by atoms with Crippen molar-refractivity contribution in [1.29, 1.82) is 5.26 Å². The zero-order valence-corrected chi connectivity index (χ0v) is 11.8. The highest BCUT2D eigenvalue weighted by molar-refractivity contribution is 7.21. The molecule has 1 N–H and O–H groups in total. The molecule has 0 saturated heterocycles. The van der Waals surface area contributed by atoms with Gasteiger partial charge >= 0.3 is 5.97 Å². The zero-order chi connectivity index (χ0) is 14.5. The van der Waals surface area contributed by atoms with Crippen LogP contribution in [0.1, 0.15) is 9.67 Å². The molecular weight excluding hydrogens is 300 g/mol. The lowest BCUT2D eigenvalue weighted by Crippen LogP contribution is -2.30. The van der Waals surface area contributed by atoms with Crippen molar-refractivity contribution in [1.82, 2.24) is 5.32 Å². The van der Waals surface area contributed by atoms with Crippen molar-refractivity contribution in [2.24, 2.45) is 0 Å². The second-order valence-electron chi connectivity index (χ2n) is 3.74.